The standard InChI is InChI=1S/C17H32N2O4/c1-6-10-22-15(20)12-14(18)19-13(3)16(21)23-11-8-9-17(4,5)7-2/h6,13-14,19H,1,7-12,18H2,2-5H3. The quantitative estimate of drug-likeness (QED) is 0.247. The van der Waals surface area contributed by atoms with Crippen molar-refractivity contribution in [1.29, 1.82) is 0 Å². The van der Waals surface area contributed by atoms with Crippen LogP contribution in [0, 0.1) is 5.41 Å². The van der Waals surface area contributed by atoms with Gasteiger partial charge in [0.05, 0.1) is 19.2 Å². The topological polar surface area (TPSA) is 90.6 Å². The Morgan fingerprint density at radius 1 is 1.35 bits per heavy atom. The van der Waals surface area contributed by atoms with Gasteiger partial charge in [0.25, 0.3) is 0 Å². The van der Waals surface area contributed by atoms with E-state index in [1.165, 1.54) is 6.08 Å². The highest BCUT2D eigenvalue weighted by atomic mass is 16.5. The molecule has 6 nitrogen and oxygen atoms in total. The lowest BCUT2D eigenvalue weighted by Gasteiger charge is -2.22. The molecule has 0 rings (SSSR count). The fraction of sp³-hybridized carbons (Fsp3) is 0.765. The molecule has 0 heterocycles. The Morgan fingerprint density at radius 3 is 2.57 bits per heavy atom. The predicted molar refractivity (Wildman–Crippen MR) is 90.6 cm³/mol. The van der Waals surface area contributed by atoms with Crippen molar-refractivity contribution >= 4 is 11.9 Å². The van der Waals surface area contributed by atoms with E-state index in [2.05, 4.69) is 32.7 Å². The molecule has 0 bridgehead atoms. The highest BCUT2D eigenvalue weighted by Gasteiger charge is 2.20. The van der Waals surface area contributed by atoms with Gasteiger partial charge >= 0.3 is 11.9 Å². The first-order chi connectivity index (χ1) is 10.7. The molecule has 0 saturated heterocycles. The first-order valence-electron chi connectivity index (χ1n) is 8.16. The lowest BCUT2D eigenvalue weighted by Crippen LogP contribution is -2.48. The number of rotatable bonds is 12. The Bertz CT molecular complexity index is 383. The van der Waals surface area contributed by atoms with Crippen molar-refractivity contribution in [1.82, 2.24) is 5.32 Å². The van der Waals surface area contributed by atoms with Gasteiger partial charge in [-0.05, 0) is 25.2 Å². The van der Waals surface area contributed by atoms with Crippen molar-refractivity contribution in [2.45, 2.75) is 65.6 Å². The molecule has 0 fully saturated rings. The highest BCUT2D eigenvalue weighted by molar-refractivity contribution is 5.75. The summed E-state index contributed by atoms with van der Waals surface area (Å²) < 4.78 is 10.1. The molecule has 0 amide bonds. The maximum atomic E-state index is 11.9. The van der Waals surface area contributed by atoms with Crippen LogP contribution >= 0.6 is 0 Å². The number of hydrogen-bond donors (Lipinski definition) is 2. The van der Waals surface area contributed by atoms with E-state index in [9.17, 15) is 9.59 Å². The van der Waals surface area contributed by atoms with Crippen LogP contribution in [0.2, 0.25) is 0 Å². The van der Waals surface area contributed by atoms with Crippen LogP contribution in [0.5, 0.6) is 0 Å². The number of nitrogens with one attached hydrogen (secondary N) is 1. The molecule has 23 heavy (non-hydrogen) atoms. The van der Waals surface area contributed by atoms with Crippen LogP contribution in [0.25, 0.3) is 0 Å². The highest BCUT2D eigenvalue weighted by Crippen LogP contribution is 2.25. The molecule has 0 spiro atoms. The lowest BCUT2D eigenvalue weighted by molar-refractivity contribution is -0.147. The molecule has 0 aliphatic carbocycles. The third-order valence-corrected chi connectivity index (χ3v) is 3.77. The monoisotopic (exact) mass is 328 g/mol. The Hall–Kier alpha value is -1.40. The number of hydrogen-bond acceptors (Lipinski definition) is 6. The van der Waals surface area contributed by atoms with Crippen molar-refractivity contribution in [2.24, 2.45) is 11.1 Å². The van der Waals surface area contributed by atoms with Crippen molar-refractivity contribution in [3.05, 3.63) is 12.7 Å². The minimum atomic E-state index is -0.658. The molecule has 3 N–H and O–H groups in total. The Labute approximate surface area is 139 Å². The van der Waals surface area contributed by atoms with Crippen molar-refractivity contribution in [2.75, 3.05) is 13.2 Å². The first kappa shape index (κ1) is 21.6. The van der Waals surface area contributed by atoms with Gasteiger partial charge in [0, 0.05) is 0 Å². The molecule has 0 aromatic heterocycles. The molecule has 0 aliphatic rings. The summed E-state index contributed by atoms with van der Waals surface area (Å²) in [7, 11) is 0. The van der Waals surface area contributed by atoms with Gasteiger partial charge in [-0.1, -0.05) is 39.8 Å². The van der Waals surface area contributed by atoms with Gasteiger partial charge in [0.15, 0.2) is 0 Å². The molecule has 0 aromatic rings. The van der Waals surface area contributed by atoms with Crippen LogP contribution in [0.3, 0.4) is 0 Å². The average molecular weight is 328 g/mol. The van der Waals surface area contributed by atoms with Gasteiger partial charge in [-0.2, -0.15) is 0 Å². The van der Waals surface area contributed by atoms with Crippen molar-refractivity contribution in [3.63, 3.8) is 0 Å². The second-order valence-corrected chi connectivity index (χ2v) is 6.46. The molecule has 0 aliphatic heterocycles. The third kappa shape index (κ3) is 10.9. The van der Waals surface area contributed by atoms with E-state index < -0.39 is 18.2 Å². The summed E-state index contributed by atoms with van der Waals surface area (Å²) in [6.07, 6.45) is 3.74. The summed E-state index contributed by atoms with van der Waals surface area (Å²) in [6.45, 7) is 12.2. The van der Waals surface area contributed by atoms with Crippen LogP contribution in [0.4, 0.5) is 0 Å². The van der Waals surface area contributed by atoms with Crippen molar-refractivity contribution < 1.29 is 19.1 Å². The number of ether oxygens (including phenoxy) is 2. The number of carbonyl (C=O) groups excluding carboxylic acids is 2. The summed E-state index contributed by atoms with van der Waals surface area (Å²) in [4.78, 5) is 23.3. The fourth-order valence-corrected chi connectivity index (χ4v) is 1.86. The van der Waals surface area contributed by atoms with E-state index in [0.717, 1.165) is 19.3 Å². The van der Waals surface area contributed by atoms with Gasteiger partial charge in [-0.25, -0.2) is 0 Å². The van der Waals surface area contributed by atoms with Crippen molar-refractivity contribution in [3.8, 4) is 0 Å². The van der Waals surface area contributed by atoms with Crippen LogP contribution in [0.1, 0.15) is 53.4 Å². The summed E-state index contributed by atoms with van der Waals surface area (Å²) in [5.41, 5.74) is 6.04. The maximum absolute atomic E-state index is 11.9. The largest absolute Gasteiger partial charge is 0.465 e. The van der Waals surface area contributed by atoms with Gasteiger partial charge < -0.3 is 15.2 Å². The Balaban J connectivity index is 3.96. The second kappa shape index (κ2) is 11.2. The van der Waals surface area contributed by atoms with Gasteiger partial charge in [0.2, 0.25) is 0 Å². The SMILES string of the molecule is C=CCOC(=O)CC(N)NC(C)C(=O)OCCCC(C)(C)CC. The van der Waals surface area contributed by atoms with Gasteiger partial charge in [0.1, 0.15) is 12.6 Å². The molecule has 134 valence electrons. The lowest BCUT2D eigenvalue weighted by atomic mass is 9.85. The van der Waals surface area contributed by atoms with E-state index in [4.69, 9.17) is 15.2 Å². The molecule has 0 radical (unpaired) electrons. The Morgan fingerprint density at radius 2 is 2.00 bits per heavy atom. The van der Waals surface area contributed by atoms with Gasteiger partial charge in [-0.15, -0.1) is 0 Å². The molecular formula is C17H32N2O4. The molecule has 6 heteroatoms. The van der Waals surface area contributed by atoms with Crippen LogP contribution in [-0.2, 0) is 19.1 Å². The fourth-order valence-electron chi connectivity index (χ4n) is 1.86. The third-order valence-electron chi connectivity index (χ3n) is 3.77. The van der Waals surface area contributed by atoms with E-state index in [1.807, 2.05) is 0 Å². The first-order valence-corrected chi connectivity index (χ1v) is 8.16. The van der Waals surface area contributed by atoms with Gasteiger partial charge in [-0.3, -0.25) is 14.9 Å². The normalized spacial score (nSPS) is 14.0. The summed E-state index contributed by atoms with van der Waals surface area (Å²) >= 11 is 0. The van der Waals surface area contributed by atoms with E-state index >= 15 is 0 Å². The Kier molecular flexibility index (Phi) is 10.5. The average Bonchev–Trinajstić information content (AvgIpc) is 2.49. The second-order valence-electron chi connectivity index (χ2n) is 6.46. The van der Waals surface area contributed by atoms with E-state index in [-0.39, 0.29) is 24.4 Å². The number of carbonyl (C=O) groups is 2. The zero-order chi connectivity index (χ0) is 17.9. The van der Waals surface area contributed by atoms with E-state index in [0.29, 0.717) is 6.61 Å². The molecule has 0 saturated carbocycles. The smallest absolute Gasteiger partial charge is 0.322 e. The predicted octanol–water partition coefficient (Wildman–Crippen LogP) is 2.13. The zero-order valence-electron chi connectivity index (χ0n) is 14.9. The number of esters is 2. The molecular weight excluding hydrogens is 296 g/mol. The summed E-state index contributed by atoms with van der Waals surface area (Å²) in [5.74, 6) is -0.804. The maximum Gasteiger partial charge on any atom is 0.322 e. The number of nitrogens with two attached hydrogens (primary N) is 1. The zero-order valence-corrected chi connectivity index (χ0v) is 14.9. The van der Waals surface area contributed by atoms with E-state index in [1.54, 1.807) is 6.92 Å². The molecule has 0 aromatic carbocycles. The van der Waals surface area contributed by atoms with Crippen LogP contribution in [-0.4, -0.2) is 37.4 Å². The van der Waals surface area contributed by atoms with Crippen LogP contribution < -0.4 is 11.1 Å². The minimum Gasteiger partial charge on any atom is -0.465 e. The van der Waals surface area contributed by atoms with Crippen LogP contribution in [0.15, 0.2) is 12.7 Å². The summed E-state index contributed by atoms with van der Waals surface area (Å²) in [5, 5.41) is 2.83. The molecule has 2 unspecified atom stereocenters. The molecule has 2 atom stereocenters. The minimum absolute atomic E-state index is 0.0177. The summed E-state index contributed by atoms with van der Waals surface area (Å²) in [6, 6.07) is -0.573.